The maximum Gasteiger partial charge on any atom is 0.275 e. The second kappa shape index (κ2) is 11.4. The molecule has 8 heteroatoms. The van der Waals surface area contributed by atoms with Gasteiger partial charge in [0, 0.05) is 64.6 Å². The van der Waals surface area contributed by atoms with Crippen molar-refractivity contribution >= 4 is 11.6 Å². The summed E-state index contributed by atoms with van der Waals surface area (Å²) in [7, 11) is 0. The monoisotopic (exact) mass is 453 g/mol. The Balaban J connectivity index is 1.21. The molecule has 2 aromatic rings. The van der Waals surface area contributed by atoms with Crippen LogP contribution in [-0.2, 0) is 6.54 Å². The number of rotatable bonds is 9. The van der Waals surface area contributed by atoms with E-state index in [9.17, 15) is 9.90 Å². The van der Waals surface area contributed by atoms with Crippen molar-refractivity contribution in [2.24, 2.45) is 0 Å². The lowest BCUT2D eigenvalue weighted by Crippen LogP contribution is -2.49. The zero-order chi connectivity index (χ0) is 23.0. The molecule has 4 rings (SSSR count). The fourth-order valence-corrected chi connectivity index (χ4v) is 4.47. The number of hydrogen-bond donors (Lipinski definition) is 1. The molecule has 178 valence electrons. The summed E-state index contributed by atoms with van der Waals surface area (Å²) in [6, 6.07) is 10.3. The van der Waals surface area contributed by atoms with Gasteiger partial charge in [0.05, 0.1) is 12.6 Å². The number of aliphatic hydroxyl groups excluding tert-OH is 1. The van der Waals surface area contributed by atoms with Crippen molar-refractivity contribution in [1.82, 2.24) is 19.7 Å². The van der Waals surface area contributed by atoms with Gasteiger partial charge in [0.25, 0.3) is 5.91 Å². The van der Waals surface area contributed by atoms with Crippen molar-refractivity contribution in [3.63, 3.8) is 0 Å². The minimum atomic E-state index is -0.301. The Morgan fingerprint density at radius 3 is 2.45 bits per heavy atom. The van der Waals surface area contributed by atoms with Crippen molar-refractivity contribution in [3.05, 3.63) is 60.8 Å². The number of β-amino-alcohol motifs (C(OH)–C–C–N with tert-alkyl or cyclic N) is 1. The van der Waals surface area contributed by atoms with Gasteiger partial charge in [0.1, 0.15) is 6.26 Å². The maximum atomic E-state index is 12.9. The first-order valence-corrected chi connectivity index (χ1v) is 11.9. The SMILES string of the molecule is C=CCCC(O)CN1CCN(Cc2nc(C(=O)N3CCN(c4ccccc4)CC3)co2)CC1. The third-order valence-corrected chi connectivity index (χ3v) is 6.46. The Kier molecular flexibility index (Phi) is 8.15. The van der Waals surface area contributed by atoms with Gasteiger partial charge in [-0.05, 0) is 25.0 Å². The Hall–Kier alpha value is -2.68. The van der Waals surface area contributed by atoms with Crippen LogP contribution < -0.4 is 4.90 Å². The topological polar surface area (TPSA) is 76.3 Å². The summed E-state index contributed by atoms with van der Waals surface area (Å²) >= 11 is 0. The predicted molar refractivity (Wildman–Crippen MR) is 128 cm³/mol. The number of hydrogen-bond acceptors (Lipinski definition) is 7. The molecule has 0 saturated carbocycles. The third kappa shape index (κ3) is 6.43. The molecule has 3 heterocycles. The summed E-state index contributed by atoms with van der Waals surface area (Å²) in [6.07, 6.45) is 4.64. The van der Waals surface area contributed by atoms with E-state index in [1.165, 1.54) is 12.0 Å². The van der Waals surface area contributed by atoms with Gasteiger partial charge in [-0.15, -0.1) is 6.58 Å². The van der Waals surface area contributed by atoms with Crippen LogP contribution in [0.25, 0.3) is 0 Å². The van der Waals surface area contributed by atoms with E-state index in [1.54, 1.807) is 0 Å². The number of allylic oxidation sites excluding steroid dienone is 1. The molecule has 1 unspecified atom stereocenters. The number of aliphatic hydroxyl groups is 1. The highest BCUT2D eigenvalue weighted by Crippen LogP contribution is 2.17. The van der Waals surface area contributed by atoms with Crippen LogP contribution in [0.4, 0.5) is 5.69 Å². The van der Waals surface area contributed by atoms with Crippen LogP contribution in [0.1, 0.15) is 29.2 Å². The van der Waals surface area contributed by atoms with Crippen LogP contribution >= 0.6 is 0 Å². The molecule has 2 fully saturated rings. The second-order valence-electron chi connectivity index (χ2n) is 8.84. The first kappa shape index (κ1) is 23.5. The van der Waals surface area contributed by atoms with E-state index in [0.717, 1.165) is 52.1 Å². The number of carbonyl (C=O) groups excluding carboxylic acids is 1. The van der Waals surface area contributed by atoms with Crippen LogP contribution in [-0.4, -0.2) is 95.7 Å². The smallest absolute Gasteiger partial charge is 0.275 e. The van der Waals surface area contributed by atoms with E-state index in [2.05, 4.69) is 38.4 Å². The number of para-hydroxylation sites is 1. The van der Waals surface area contributed by atoms with Gasteiger partial charge in [-0.2, -0.15) is 0 Å². The highest BCUT2D eigenvalue weighted by Gasteiger charge is 2.25. The van der Waals surface area contributed by atoms with Crippen LogP contribution in [0, 0.1) is 0 Å². The summed E-state index contributed by atoms with van der Waals surface area (Å²) in [5.41, 5.74) is 1.59. The molecule has 0 radical (unpaired) electrons. The fraction of sp³-hybridized carbons (Fsp3) is 0.520. The largest absolute Gasteiger partial charge is 0.447 e. The second-order valence-corrected chi connectivity index (χ2v) is 8.84. The van der Waals surface area contributed by atoms with Crippen LogP contribution in [0.3, 0.4) is 0 Å². The molecular weight excluding hydrogens is 418 g/mol. The first-order chi connectivity index (χ1) is 16.1. The highest BCUT2D eigenvalue weighted by molar-refractivity contribution is 5.92. The predicted octanol–water partition coefficient (Wildman–Crippen LogP) is 2.08. The first-order valence-electron chi connectivity index (χ1n) is 11.9. The molecule has 0 spiro atoms. The molecule has 1 aromatic heterocycles. The number of anilines is 1. The highest BCUT2D eigenvalue weighted by atomic mass is 16.3. The lowest BCUT2D eigenvalue weighted by molar-refractivity contribution is 0.0642. The van der Waals surface area contributed by atoms with E-state index in [-0.39, 0.29) is 12.0 Å². The molecule has 33 heavy (non-hydrogen) atoms. The van der Waals surface area contributed by atoms with Gasteiger partial charge in [-0.1, -0.05) is 24.3 Å². The van der Waals surface area contributed by atoms with Crippen molar-refractivity contribution in [2.75, 3.05) is 63.8 Å². The minimum absolute atomic E-state index is 0.0592. The molecule has 1 amide bonds. The standard InChI is InChI=1S/C25H35N5O3/c1-2-3-9-22(31)18-27-10-12-28(13-11-27)19-24-26-23(20-33-24)25(32)30-16-14-29(15-17-30)21-7-5-4-6-8-21/h2,4-8,20,22,31H,1,3,9-19H2. The number of aromatic nitrogens is 1. The Morgan fingerprint density at radius 2 is 1.76 bits per heavy atom. The molecule has 1 aromatic carbocycles. The fourth-order valence-electron chi connectivity index (χ4n) is 4.47. The summed E-state index contributed by atoms with van der Waals surface area (Å²) < 4.78 is 5.63. The van der Waals surface area contributed by atoms with Gasteiger partial charge >= 0.3 is 0 Å². The number of piperazine rings is 2. The van der Waals surface area contributed by atoms with E-state index in [1.807, 2.05) is 29.2 Å². The zero-order valence-electron chi connectivity index (χ0n) is 19.3. The number of carbonyl (C=O) groups is 1. The molecule has 1 N–H and O–H groups in total. The molecule has 2 saturated heterocycles. The van der Waals surface area contributed by atoms with Crippen LogP contribution in [0.5, 0.6) is 0 Å². The molecule has 0 aliphatic carbocycles. The zero-order valence-corrected chi connectivity index (χ0v) is 19.3. The van der Waals surface area contributed by atoms with Gasteiger partial charge < -0.3 is 19.3 Å². The molecule has 0 bridgehead atoms. The molecular formula is C25H35N5O3. The van der Waals surface area contributed by atoms with Crippen molar-refractivity contribution < 1.29 is 14.3 Å². The summed E-state index contributed by atoms with van der Waals surface area (Å²) in [6.45, 7) is 11.6. The molecule has 2 aliphatic heterocycles. The minimum Gasteiger partial charge on any atom is -0.447 e. The average Bonchev–Trinajstić information content (AvgIpc) is 3.32. The normalized spacial score (nSPS) is 18.9. The van der Waals surface area contributed by atoms with Crippen molar-refractivity contribution in [2.45, 2.75) is 25.5 Å². The number of oxazole rings is 1. The van der Waals surface area contributed by atoms with Gasteiger partial charge in [0.15, 0.2) is 5.69 Å². The number of benzene rings is 1. The van der Waals surface area contributed by atoms with Gasteiger partial charge in [-0.3, -0.25) is 14.6 Å². The lowest BCUT2D eigenvalue weighted by atomic mass is 10.1. The number of nitrogens with zero attached hydrogens (tertiary/aromatic N) is 5. The van der Waals surface area contributed by atoms with E-state index in [0.29, 0.717) is 37.8 Å². The quantitative estimate of drug-likeness (QED) is 0.583. The van der Waals surface area contributed by atoms with Crippen LogP contribution in [0.15, 0.2) is 53.7 Å². The summed E-state index contributed by atoms with van der Waals surface area (Å²) in [5.74, 6) is 0.525. The summed E-state index contributed by atoms with van der Waals surface area (Å²) in [5, 5.41) is 10.1. The average molecular weight is 454 g/mol. The Bertz CT molecular complexity index is 886. The third-order valence-electron chi connectivity index (χ3n) is 6.46. The molecule has 1 atom stereocenters. The van der Waals surface area contributed by atoms with Gasteiger partial charge in [0.2, 0.25) is 5.89 Å². The van der Waals surface area contributed by atoms with Crippen molar-refractivity contribution in [1.29, 1.82) is 0 Å². The Morgan fingerprint density at radius 1 is 1.06 bits per heavy atom. The van der Waals surface area contributed by atoms with Gasteiger partial charge in [-0.25, -0.2) is 4.98 Å². The van der Waals surface area contributed by atoms with E-state index >= 15 is 0 Å². The van der Waals surface area contributed by atoms with E-state index < -0.39 is 0 Å². The van der Waals surface area contributed by atoms with Crippen LogP contribution in [0.2, 0.25) is 0 Å². The summed E-state index contributed by atoms with van der Waals surface area (Å²) in [4.78, 5) is 26.1. The van der Waals surface area contributed by atoms with E-state index in [4.69, 9.17) is 4.42 Å². The lowest BCUT2D eigenvalue weighted by Gasteiger charge is -2.35. The maximum absolute atomic E-state index is 12.9. The Labute approximate surface area is 196 Å². The number of amides is 1. The molecule has 2 aliphatic rings. The van der Waals surface area contributed by atoms with Crippen molar-refractivity contribution in [3.8, 4) is 0 Å². The molecule has 8 nitrogen and oxygen atoms in total.